The van der Waals surface area contributed by atoms with Crippen molar-refractivity contribution >= 4 is 23.0 Å². The van der Waals surface area contributed by atoms with E-state index in [1.54, 1.807) is 0 Å². The van der Waals surface area contributed by atoms with E-state index in [-0.39, 0.29) is 0 Å². The lowest BCUT2D eigenvalue weighted by Crippen LogP contribution is -2.43. The summed E-state index contributed by atoms with van der Waals surface area (Å²) in [5.74, 6) is 0.994. The van der Waals surface area contributed by atoms with Gasteiger partial charge in [-0.3, -0.25) is 4.99 Å². The average molecular weight is 518 g/mol. The van der Waals surface area contributed by atoms with E-state index >= 15 is 0 Å². The van der Waals surface area contributed by atoms with Crippen molar-refractivity contribution in [2.24, 2.45) is 10.9 Å². The number of piperidine rings is 1. The molecule has 1 aromatic rings. The molecule has 1 saturated carbocycles. The lowest BCUT2D eigenvalue weighted by molar-refractivity contribution is 0.208. The van der Waals surface area contributed by atoms with E-state index in [0.717, 1.165) is 24.9 Å². The Morgan fingerprint density at radius 3 is 2.34 bits per heavy atom. The van der Waals surface area contributed by atoms with Gasteiger partial charge in [-0.25, -0.2) is 0 Å². The molecule has 0 amide bonds. The van der Waals surface area contributed by atoms with Crippen molar-refractivity contribution in [1.29, 1.82) is 0 Å². The Morgan fingerprint density at radius 1 is 0.921 bits per heavy atom. The summed E-state index contributed by atoms with van der Waals surface area (Å²) in [4.78, 5) is 10.3. The maximum atomic E-state index is 4.90. The first-order valence-corrected chi connectivity index (χ1v) is 16.1. The third kappa shape index (κ3) is 8.57. The van der Waals surface area contributed by atoms with Gasteiger partial charge in [-0.05, 0) is 119 Å². The summed E-state index contributed by atoms with van der Waals surface area (Å²) in [6.07, 6.45) is 20.6. The molecular weight excluding hydrogens is 462 g/mol. The lowest BCUT2D eigenvalue weighted by Gasteiger charge is -2.38. The van der Waals surface area contributed by atoms with Crippen LogP contribution >= 0.6 is 0 Å². The standard InChI is InChI=1S/C35H55N3/c1-5-6-7-8-9-13-29(4)34-26-32(38-24-19-31(20-25-38)37-22-10-11-23-37)17-18-33(34)35(28(2)3)27-36-21-12-14-30-15-16-30/h17-18,26-27,30-31H,4-16,19-25H2,1-3H3. The minimum absolute atomic E-state index is 0.791. The molecule has 0 bridgehead atoms. The van der Waals surface area contributed by atoms with Gasteiger partial charge < -0.3 is 9.80 Å². The topological polar surface area (TPSA) is 18.8 Å². The molecule has 4 rings (SSSR count). The van der Waals surface area contributed by atoms with E-state index < -0.39 is 0 Å². The molecular formula is C35H55N3. The van der Waals surface area contributed by atoms with Gasteiger partial charge >= 0.3 is 0 Å². The molecule has 0 radical (unpaired) electrons. The zero-order chi connectivity index (χ0) is 26.7. The fraction of sp³-hybridized carbons (Fsp3) is 0.686. The summed E-state index contributed by atoms with van der Waals surface area (Å²) in [5, 5.41) is 0. The zero-order valence-corrected chi connectivity index (χ0v) is 24.9. The molecule has 2 aliphatic heterocycles. The summed E-state index contributed by atoms with van der Waals surface area (Å²) in [6, 6.07) is 7.99. The van der Waals surface area contributed by atoms with Crippen molar-refractivity contribution < 1.29 is 0 Å². The Hall–Kier alpha value is -1.87. The van der Waals surface area contributed by atoms with Gasteiger partial charge in [0.05, 0.1) is 0 Å². The second-order valence-corrected chi connectivity index (χ2v) is 12.5. The van der Waals surface area contributed by atoms with Crippen LogP contribution in [0.2, 0.25) is 0 Å². The van der Waals surface area contributed by atoms with E-state index in [1.165, 1.54) is 143 Å². The number of hydrogen-bond donors (Lipinski definition) is 0. The second-order valence-electron chi connectivity index (χ2n) is 12.5. The highest BCUT2D eigenvalue weighted by atomic mass is 15.2. The zero-order valence-electron chi connectivity index (χ0n) is 24.9. The number of hydrogen-bond acceptors (Lipinski definition) is 3. The van der Waals surface area contributed by atoms with Gasteiger partial charge in [0.1, 0.15) is 0 Å². The van der Waals surface area contributed by atoms with Crippen LogP contribution in [0.5, 0.6) is 0 Å². The van der Waals surface area contributed by atoms with Crippen LogP contribution < -0.4 is 4.90 Å². The average Bonchev–Trinajstić information content (AvgIpc) is 3.59. The Morgan fingerprint density at radius 2 is 1.66 bits per heavy atom. The van der Waals surface area contributed by atoms with E-state index in [0.29, 0.717) is 0 Å². The van der Waals surface area contributed by atoms with Crippen LogP contribution in [0, 0.1) is 5.92 Å². The summed E-state index contributed by atoms with van der Waals surface area (Å²) in [6.45, 7) is 17.3. The first-order valence-electron chi connectivity index (χ1n) is 16.1. The normalized spacial score (nSPS) is 19.0. The number of nitrogens with zero attached hydrogens (tertiary/aromatic N) is 3. The maximum absolute atomic E-state index is 4.90. The minimum atomic E-state index is 0.791. The van der Waals surface area contributed by atoms with Crippen molar-refractivity contribution in [3.8, 4) is 0 Å². The van der Waals surface area contributed by atoms with Crippen LogP contribution in [0.25, 0.3) is 11.1 Å². The molecule has 38 heavy (non-hydrogen) atoms. The predicted octanol–water partition coefficient (Wildman–Crippen LogP) is 9.18. The molecule has 0 N–H and O–H groups in total. The van der Waals surface area contributed by atoms with Crippen molar-refractivity contribution in [1.82, 2.24) is 4.90 Å². The summed E-state index contributed by atoms with van der Waals surface area (Å²) in [5.41, 5.74) is 7.98. The number of unbranched alkanes of at least 4 members (excludes halogenated alkanes) is 4. The maximum Gasteiger partial charge on any atom is 0.0389 e. The van der Waals surface area contributed by atoms with E-state index in [4.69, 9.17) is 4.99 Å². The van der Waals surface area contributed by atoms with Gasteiger partial charge in [-0.2, -0.15) is 0 Å². The predicted molar refractivity (Wildman–Crippen MR) is 168 cm³/mol. The monoisotopic (exact) mass is 517 g/mol. The number of anilines is 1. The molecule has 210 valence electrons. The smallest absolute Gasteiger partial charge is 0.0389 e. The van der Waals surface area contributed by atoms with Crippen LogP contribution in [-0.4, -0.2) is 49.9 Å². The van der Waals surface area contributed by atoms with Crippen LogP contribution in [0.3, 0.4) is 0 Å². The number of likely N-dealkylation sites (tertiary alicyclic amines) is 1. The Bertz CT molecular complexity index is 936. The number of rotatable bonds is 15. The largest absolute Gasteiger partial charge is 0.371 e. The van der Waals surface area contributed by atoms with Crippen LogP contribution in [0.4, 0.5) is 5.69 Å². The molecule has 3 fully saturated rings. The molecule has 3 aliphatic rings. The van der Waals surface area contributed by atoms with Gasteiger partial charge in [0, 0.05) is 37.6 Å². The Balaban J connectivity index is 1.48. The van der Waals surface area contributed by atoms with Gasteiger partial charge in [0.2, 0.25) is 0 Å². The Kier molecular flexibility index (Phi) is 11.5. The van der Waals surface area contributed by atoms with Crippen LogP contribution in [0.1, 0.15) is 122 Å². The number of aliphatic imine (C=N–C) groups is 1. The molecule has 0 atom stereocenters. The summed E-state index contributed by atoms with van der Waals surface area (Å²) >= 11 is 0. The second kappa shape index (κ2) is 15.1. The third-order valence-corrected chi connectivity index (χ3v) is 9.10. The first kappa shape index (κ1) is 29.1. The summed E-state index contributed by atoms with van der Waals surface area (Å²) < 4.78 is 0. The quantitative estimate of drug-likeness (QED) is 0.171. The highest BCUT2D eigenvalue weighted by Crippen LogP contribution is 2.35. The van der Waals surface area contributed by atoms with Gasteiger partial charge in [-0.1, -0.05) is 63.7 Å². The van der Waals surface area contributed by atoms with E-state index in [2.05, 4.69) is 61.6 Å². The highest BCUT2D eigenvalue weighted by Gasteiger charge is 2.27. The Labute approximate surface area is 234 Å². The molecule has 0 aromatic heterocycles. The van der Waals surface area contributed by atoms with Crippen LogP contribution in [-0.2, 0) is 0 Å². The van der Waals surface area contributed by atoms with Crippen molar-refractivity contribution in [3.05, 3.63) is 41.5 Å². The molecule has 2 heterocycles. The fourth-order valence-corrected chi connectivity index (χ4v) is 6.43. The molecule has 1 aliphatic carbocycles. The van der Waals surface area contributed by atoms with Gasteiger partial charge in [0.25, 0.3) is 0 Å². The van der Waals surface area contributed by atoms with Gasteiger partial charge in [-0.15, -0.1) is 0 Å². The highest BCUT2D eigenvalue weighted by molar-refractivity contribution is 6.12. The molecule has 3 heteroatoms. The van der Waals surface area contributed by atoms with Gasteiger partial charge in [0.15, 0.2) is 0 Å². The first-order chi connectivity index (χ1) is 18.6. The minimum Gasteiger partial charge on any atom is -0.371 e. The van der Waals surface area contributed by atoms with Crippen LogP contribution in [0.15, 0.2) is 35.3 Å². The molecule has 0 unspecified atom stereocenters. The molecule has 2 saturated heterocycles. The SMILES string of the molecule is C=C(CCCCCCC)c1cc(N2CCC(N3CCCC3)CC2)ccc1C(C=NCCCC1CC1)=C(C)C. The number of benzene rings is 1. The van der Waals surface area contributed by atoms with Crippen molar-refractivity contribution in [2.75, 3.05) is 37.6 Å². The van der Waals surface area contributed by atoms with E-state index in [9.17, 15) is 0 Å². The lowest BCUT2D eigenvalue weighted by atomic mass is 9.90. The molecule has 0 spiro atoms. The van der Waals surface area contributed by atoms with Crippen molar-refractivity contribution in [3.63, 3.8) is 0 Å². The molecule has 1 aromatic carbocycles. The fourth-order valence-electron chi connectivity index (χ4n) is 6.43. The summed E-state index contributed by atoms with van der Waals surface area (Å²) in [7, 11) is 0. The van der Waals surface area contributed by atoms with E-state index in [1.807, 2.05) is 0 Å². The third-order valence-electron chi connectivity index (χ3n) is 9.10. The van der Waals surface area contributed by atoms with Crippen molar-refractivity contribution in [2.45, 2.75) is 117 Å². The number of allylic oxidation sites excluding steroid dienone is 3. The molecule has 3 nitrogen and oxygen atoms in total.